The third kappa shape index (κ3) is 1.26. The third-order valence-corrected chi connectivity index (χ3v) is 3.03. The lowest BCUT2D eigenvalue weighted by atomic mass is 10.1. The first-order chi connectivity index (χ1) is 5.80. The molecular formula is C10H14O2. The Labute approximate surface area is 72.3 Å². The minimum Gasteiger partial charge on any atom is -0.481 e. The van der Waals surface area contributed by atoms with Crippen LogP contribution in [0.25, 0.3) is 0 Å². The van der Waals surface area contributed by atoms with Gasteiger partial charge in [-0.1, -0.05) is 18.6 Å². The molecule has 0 aromatic rings. The molecule has 2 rings (SSSR count). The van der Waals surface area contributed by atoms with Gasteiger partial charge in [0.15, 0.2) is 0 Å². The topological polar surface area (TPSA) is 37.3 Å². The highest BCUT2D eigenvalue weighted by molar-refractivity contribution is 5.74. The molecule has 0 bridgehead atoms. The predicted molar refractivity (Wildman–Crippen MR) is 45.7 cm³/mol. The van der Waals surface area contributed by atoms with Gasteiger partial charge in [-0.15, -0.1) is 0 Å². The van der Waals surface area contributed by atoms with E-state index in [1.165, 1.54) is 12.8 Å². The summed E-state index contributed by atoms with van der Waals surface area (Å²) < 4.78 is 0. The maximum absolute atomic E-state index is 10.7. The van der Waals surface area contributed by atoms with Gasteiger partial charge in [0.05, 0.1) is 5.92 Å². The first-order valence-corrected chi connectivity index (χ1v) is 4.70. The van der Waals surface area contributed by atoms with Gasteiger partial charge in [-0.2, -0.15) is 0 Å². The van der Waals surface area contributed by atoms with Crippen molar-refractivity contribution in [3.05, 3.63) is 12.2 Å². The second-order valence-corrected chi connectivity index (χ2v) is 3.82. The van der Waals surface area contributed by atoms with Crippen molar-refractivity contribution in [1.29, 1.82) is 0 Å². The molecular weight excluding hydrogens is 152 g/mol. The van der Waals surface area contributed by atoms with Gasteiger partial charge in [0.2, 0.25) is 0 Å². The molecule has 2 aliphatic rings. The zero-order valence-electron chi connectivity index (χ0n) is 7.07. The molecule has 2 heteroatoms. The highest BCUT2D eigenvalue weighted by atomic mass is 16.4. The van der Waals surface area contributed by atoms with Crippen molar-refractivity contribution in [2.75, 3.05) is 0 Å². The molecule has 1 fully saturated rings. The van der Waals surface area contributed by atoms with Crippen molar-refractivity contribution < 1.29 is 9.90 Å². The van der Waals surface area contributed by atoms with Crippen LogP contribution in [-0.4, -0.2) is 11.1 Å². The Morgan fingerprint density at radius 3 is 3.00 bits per heavy atom. The summed E-state index contributed by atoms with van der Waals surface area (Å²) in [6.07, 6.45) is 8.95. The van der Waals surface area contributed by atoms with Gasteiger partial charge in [0.1, 0.15) is 0 Å². The molecule has 0 amide bonds. The van der Waals surface area contributed by atoms with Crippen LogP contribution in [0.2, 0.25) is 0 Å². The molecule has 1 saturated carbocycles. The Balaban J connectivity index is 2.03. The van der Waals surface area contributed by atoms with Crippen LogP contribution in [0, 0.1) is 17.8 Å². The smallest absolute Gasteiger partial charge is 0.307 e. The number of aliphatic carboxylic acids is 1. The fourth-order valence-electron chi connectivity index (χ4n) is 2.28. The van der Waals surface area contributed by atoms with Gasteiger partial charge in [0.25, 0.3) is 0 Å². The van der Waals surface area contributed by atoms with E-state index in [9.17, 15) is 4.79 Å². The molecule has 1 N–H and O–H groups in total. The summed E-state index contributed by atoms with van der Waals surface area (Å²) in [7, 11) is 0. The molecule has 2 nitrogen and oxygen atoms in total. The number of hydrogen-bond donors (Lipinski definition) is 1. The van der Waals surface area contributed by atoms with Crippen LogP contribution in [0.1, 0.15) is 25.7 Å². The lowest BCUT2D eigenvalue weighted by Crippen LogP contribution is -1.99. The number of carboxylic acid groups (broad SMARTS) is 1. The van der Waals surface area contributed by atoms with Crippen molar-refractivity contribution in [1.82, 2.24) is 0 Å². The van der Waals surface area contributed by atoms with Gasteiger partial charge in [-0.25, -0.2) is 0 Å². The number of rotatable bonds is 1. The Kier molecular flexibility index (Phi) is 1.91. The number of carbonyl (C=O) groups is 1. The second kappa shape index (κ2) is 2.92. The monoisotopic (exact) mass is 166 g/mol. The van der Waals surface area contributed by atoms with E-state index in [2.05, 4.69) is 12.2 Å². The van der Waals surface area contributed by atoms with Crippen LogP contribution in [0.15, 0.2) is 12.2 Å². The normalized spacial score (nSPS) is 39.5. The molecule has 2 aliphatic carbocycles. The molecule has 0 heterocycles. The molecule has 66 valence electrons. The quantitative estimate of drug-likeness (QED) is 0.605. The average molecular weight is 166 g/mol. The summed E-state index contributed by atoms with van der Waals surface area (Å²) >= 11 is 0. The fourth-order valence-corrected chi connectivity index (χ4v) is 2.28. The summed E-state index contributed by atoms with van der Waals surface area (Å²) in [4.78, 5) is 10.7. The Bertz CT molecular complexity index is 220. The maximum atomic E-state index is 10.7. The highest BCUT2D eigenvalue weighted by Crippen LogP contribution is 2.51. The number of carboxylic acids is 1. The second-order valence-electron chi connectivity index (χ2n) is 3.82. The zero-order chi connectivity index (χ0) is 8.55. The number of fused-ring (bicyclic) bond motifs is 1. The number of allylic oxidation sites excluding steroid dienone is 2. The van der Waals surface area contributed by atoms with Crippen LogP contribution >= 0.6 is 0 Å². The first kappa shape index (κ1) is 7.84. The van der Waals surface area contributed by atoms with Gasteiger partial charge in [-0.05, 0) is 31.1 Å². The Hall–Kier alpha value is -0.790. The Morgan fingerprint density at radius 1 is 1.42 bits per heavy atom. The van der Waals surface area contributed by atoms with E-state index in [1.54, 1.807) is 0 Å². The average Bonchev–Trinajstić information content (AvgIpc) is 2.60. The van der Waals surface area contributed by atoms with Crippen LogP contribution < -0.4 is 0 Å². The van der Waals surface area contributed by atoms with Gasteiger partial charge < -0.3 is 5.11 Å². The van der Waals surface area contributed by atoms with Crippen LogP contribution in [0.4, 0.5) is 0 Å². The lowest BCUT2D eigenvalue weighted by molar-refractivity contribution is -0.139. The molecule has 12 heavy (non-hydrogen) atoms. The summed E-state index contributed by atoms with van der Waals surface area (Å²) in [5.41, 5.74) is 0. The summed E-state index contributed by atoms with van der Waals surface area (Å²) in [6, 6.07) is 0. The van der Waals surface area contributed by atoms with Crippen molar-refractivity contribution in [2.24, 2.45) is 17.8 Å². The van der Waals surface area contributed by atoms with Crippen molar-refractivity contribution in [3.63, 3.8) is 0 Å². The van der Waals surface area contributed by atoms with Crippen LogP contribution in [0.3, 0.4) is 0 Å². The van der Waals surface area contributed by atoms with E-state index in [0.717, 1.165) is 12.8 Å². The molecule has 0 saturated heterocycles. The van der Waals surface area contributed by atoms with E-state index in [0.29, 0.717) is 11.8 Å². The van der Waals surface area contributed by atoms with E-state index in [1.807, 2.05) is 0 Å². The van der Waals surface area contributed by atoms with Gasteiger partial charge >= 0.3 is 5.97 Å². The van der Waals surface area contributed by atoms with E-state index < -0.39 is 5.97 Å². The predicted octanol–water partition coefficient (Wildman–Crippen LogP) is 2.06. The standard InChI is InChI=1S/C10H14O2/c11-10(12)9-7-5-3-1-2-4-6-8(7)9/h3,5,7-9H,1-2,4,6H2,(H,11,12)/t7-,8+,9-/m1/s1. The van der Waals surface area contributed by atoms with Crippen LogP contribution in [-0.2, 0) is 4.79 Å². The zero-order valence-corrected chi connectivity index (χ0v) is 7.07. The van der Waals surface area contributed by atoms with E-state index in [4.69, 9.17) is 5.11 Å². The van der Waals surface area contributed by atoms with E-state index >= 15 is 0 Å². The van der Waals surface area contributed by atoms with Crippen molar-refractivity contribution in [2.45, 2.75) is 25.7 Å². The fraction of sp³-hybridized carbons (Fsp3) is 0.700. The SMILES string of the molecule is O=C(O)[C@@H]1[C@@H]2C=CCCCC[C@@H]21. The summed E-state index contributed by atoms with van der Waals surface area (Å²) in [5, 5.41) is 8.83. The maximum Gasteiger partial charge on any atom is 0.307 e. The summed E-state index contributed by atoms with van der Waals surface area (Å²) in [5.74, 6) is 0.165. The Morgan fingerprint density at radius 2 is 2.25 bits per heavy atom. The van der Waals surface area contributed by atoms with Gasteiger partial charge in [-0.3, -0.25) is 4.79 Å². The largest absolute Gasteiger partial charge is 0.481 e. The molecule has 0 aliphatic heterocycles. The van der Waals surface area contributed by atoms with E-state index in [-0.39, 0.29) is 5.92 Å². The van der Waals surface area contributed by atoms with Crippen LogP contribution in [0.5, 0.6) is 0 Å². The first-order valence-electron chi connectivity index (χ1n) is 4.70. The third-order valence-electron chi connectivity index (χ3n) is 3.03. The lowest BCUT2D eigenvalue weighted by Gasteiger charge is -1.99. The molecule has 0 aromatic carbocycles. The summed E-state index contributed by atoms with van der Waals surface area (Å²) in [6.45, 7) is 0. The van der Waals surface area contributed by atoms with Gasteiger partial charge in [0, 0.05) is 0 Å². The molecule has 0 radical (unpaired) electrons. The molecule has 3 atom stereocenters. The molecule has 0 spiro atoms. The highest BCUT2D eigenvalue weighted by Gasteiger charge is 2.52. The molecule has 0 aromatic heterocycles. The molecule has 0 unspecified atom stereocenters. The number of hydrogen-bond acceptors (Lipinski definition) is 1. The van der Waals surface area contributed by atoms with Crippen molar-refractivity contribution in [3.8, 4) is 0 Å². The minimum absolute atomic E-state index is 0.0562. The van der Waals surface area contributed by atoms with Crippen molar-refractivity contribution >= 4 is 5.97 Å². The minimum atomic E-state index is -0.600.